The Labute approximate surface area is 246 Å². The number of aryl methyl sites for hydroxylation is 2. The summed E-state index contributed by atoms with van der Waals surface area (Å²) in [6.07, 6.45) is 4.48. The zero-order valence-corrected chi connectivity index (χ0v) is 24.7. The fourth-order valence-electron chi connectivity index (χ4n) is 7.40. The van der Waals surface area contributed by atoms with Crippen LogP contribution in [0.1, 0.15) is 42.5 Å². The number of aliphatic hydroxyl groups excluding tert-OH is 1. The highest BCUT2D eigenvalue weighted by Gasteiger charge is 2.78. The van der Waals surface area contributed by atoms with Crippen molar-refractivity contribution in [3.05, 3.63) is 90.5 Å². The van der Waals surface area contributed by atoms with Gasteiger partial charge in [-0.2, -0.15) is 0 Å². The second-order valence-electron chi connectivity index (χ2n) is 11.5. The molecule has 8 heteroatoms. The normalized spacial score (nSPS) is 28.7. The van der Waals surface area contributed by atoms with Crippen molar-refractivity contribution in [1.29, 1.82) is 0 Å². The quantitative estimate of drug-likeness (QED) is 0.325. The number of carbonyl (C=O) groups is 3. The van der Waals surface area contributed by atoms with Gasteiger partial charge in [0, 0.05) is 17.0 Å². The van der Waals surface area contributed by atoms with Gasteiger partial charge in [0.05, 0.1) is 29.2 Å². The number of para-hydroxylation sites is 1. The van der Waals surface area contributed by atoms with Gasteiger partial charge < -0.3 is 19.6 Å². The number of likely N-dealkylation sites (tertiary alicyclic amines) is 1. The summed E-state index contributed by atoms with van der Waals surface area (Å²) in [5.74, 6) is -2.42. The first-order valence-electron chi connectivity index (χ1n) is 14.1. The number of fused-ring (bicyclic) bond motifs is 1. The molecule has 6 atom stereocenters. The van der Waals surface area contributed by atoms with Gasteiger partial charge in [-0.3, -0.25) is 14.4 Å². The zero-order chi connectivity index (χ0) is 29.5. The first-order valence-corrected chi connectivity index (χ1v) is 14.9. The van der Waals surface area contributed by atoms with Crippen LogP contribution in [0.3, 0.4) is 0 Å². The molecule has 0 saturated carbocycles. The summed E-state index contributed by atoms with van der Waals surface area (Å²) < 4.78 is 4.14. The third-order valence-corrected chi connectivity index (χ3v) is 11.0. The molecule has 41 heavy (non-hydrogen) atoms. The number of ether oxygens (including phenoxy) is 1. The van der Waals surface area contributed by atoms with Crippen LogP contribution in [0.4, 0.5) is 5.69 Å². The summed E-state index contributed by atoms with van der Waals surface area (Å²) >= 11 is 1.58. The van der Waals surface area contributed by atoms with Crippen molar-refractivity contribution in [2.45, 2.75) is 55.2 Å². The smallest absolute Gasteiger partial charge is 0.311 e. The summed E-state index contributed by atoms with van der Waals surface area (Å²) in [5, 5.41) is 10.7. The van der Waals surface area contributed by atoms with Crippen LogP contribution in [0.15, 0.2) is 73.8 Å². The predicted molar refractivity (Wildman–Crippen MR) is 161 cm³/mol. The molecule has 1 N–H and O–H groups in total. The lowest BCUT2D eigenvalue weighted by molar-refractivity contribution is -0.155. The Bertz CT molecular complexity index is 1360. The van der Waals surface area contributed by atoms with Crippen molar-refractivity contribution in [3.63, 3.8) is 0 Å². The van der Waals surface area contributed by atoms with Crippen molar-refractivity contribution in [2.24, 2.45) is 11.8 Å². The van der Waals surface area contributed by atoms with E-state index in [2.05, 4.69) is 13.2 Å². The van der Waals surface area contributed by atoms with Gasteiger partial charge in [0.15, 0.2) is 0 Å². The number of nitrogens with zero attached hydrogens (tertiary/aromatic N) is 2. The number of aliphatic hydroxyl groups is 1. The predicted octanol–water partition coefficient (Wildman–Crippen LogP) is 4.77. The van der Waals surface area contributed by atoms with Gasteiger partial charge in [0.25, 0.3) is 5.91 Å². The van der Waals surface area contributed by atoms with E-state index in [1.807, 2.05) is 69.3 Å². The molecule has 0 aliphatic carbocycles. The molecule has 5 rings (SSSR count). The molecule has 3 saturated heterocycles. The van der Waals surface area contributed by atoms with Crippen molar-refractivity contribution < 1.29 is 24.2 Å². The lowest BCUT2D eigenvalue weighted by Gasteiger charge is -2.40. The van der Waals surface area contributed by atoms with Crippen LogP contribution in [0.25, 0.3) is 0 Å². The molecule has 2 amide bonds. The first kappa shape index (κ1) is 29.1. The van der Waals surface area contributed by atoms with Gasteiger partial charge in [-0.1, -0.05) is 67.3 Å². The summed E-state index contributed by atoms with van der Waals surface area (Å²) in [6.45, 7) is 13.5. The van der Waals surface area contributed by atoms with E-state index >= 15 is 0 Å². The molecule has 0 aromatic heterocycles. The Balaban J connectivity index is 1.69. The molecule has 2 aromatic rings. The second kappa shape index (κ2) is 11.1. The average Bonchev–Trinajstić information content (AvgIpc) is 3.53. The van der Waals surface area contributed by atoms with Gasteiger partial charge in [0.2, 0.25) is 5.91 Å². The highest BCUT2D eigenvalue weighted by atomic mass is 32.2. The van der Waals surface area contributed by atoms with Gasteiger partial charge in [-0.25, -0.2) is 0 Å². The van der Waals surface area contributed by atoms with E-state index in [1.54, 1.807) is 27.6 Å². The van der Waals surface area contributed by atoms with Crippen molar-refractivity contribution in [2.75, 3.05) is 24.7 Å². The van der Waals surface area contributed by atoms with Crippen LogP contribution >= 0.6 is 11.8 Å². The molecule has 3 fully saturated rings. The van der Waals surface area contributed by atoms with E-state index in [-0.39, 0.29) is 31.6 Å². The maximum atomic E-state index is 15.0. The van der Waals surface area contributed by atoms with Crippen LogP contribution < -0.4 is 4.90 Å². The summed E-state index contributed by atoms with van der Waals surface area (Å²) in [4.78, 5) is 46.4. The minimum Gasteiger partial charge on any atom is -0.461 e. The second-order valence-corrected chi connectivity index (χ2v) is 13.4. The maximum absolute atomic E-state index is 15.0. The molecule has 0 radical (unpaired) electrons. The lowest BCUT2D eigenvalue weighted by atomic mass is 9.66. The Hall–Kier alpha value is -3.36. The standard InChI is InChI=1S/C33H38N2O5S/c1-6-18-34(27-21(3)12-11-13-22(27)4)30(38)28-33-17-16-32(5,41-33)26(31(39)40-19-7-2)25(33)29(37)35(28)24(20-36)23-14-9-8-10-15-23/h6-15,24-26,28,36H,1-2,16-20H2,3-5H3/t24-,25+,26+,28?,32-,33?/m1/s1. The molecule has 7 nitrogen and oxygen atoms in total. The number of anilines is 1. The number of benzene rings is 2. The van der Waals surface area contributed by atoms with Crippen LogP contribution in [0, 0.1) is 25.7 Å². The van der Waals surface area contributed by atoms with Crippen LogP contribution in [-0.2, 0) is 19.1 Å². The topological polar surface area (TPSA) is 87.1 Å². The highest BCUT2D eigenvalue weighted by molar-refractivity contribution is 8.02. The van der Waals surface area contributed by atoms with Crippen LogP contribution in [0.2, 0.25) is 0 Å². The molecular formula is C33H38N2O5S. The fraction of sp³-hybridized carbons (Fsp3) is 0.424. The molecule has 3 heterocycles. The van der Waals surface area contributed by atoms with E-state index < -0.39 is 39.4 Å². The van der Waals surface area contributed by atoms with Crippen molar-refractivity contribution in [3.8, 4) is 0 Å². The average molecular weight is 575 g/mol. The Morgan fingerprint density at radius 2 is 1.80 bits per heavy atom. The maximum Gasteiger partial charge on any atom is 0.311 e. The van der Waals surface area contributed by atoms with E-state index in [0.717, 1.165) is 22.4 Å². The van der Waals surface area contributed by atoms with E-state index in [0.29, 0.717) is 12.8 Å². The largest absolute Gasteiger partial charge is 0.461 e. The van der Waals surface area contributed by atoms with Crippen molar-refractivity contribution >= 4 is 35.2 Å². The number of carbonyl (C=O) groups excluding carboxylic acids is 3. The number of esters is 1. The van der Waals surface area contributed by atoms with E-state index in [9.17, 15) is 19.5 Å². The van der Waals surface area contributed by atoms with Crippen LogP contribution in [-0.4, -0.2) is 63.1 Å². The minimum atomic E-state index is -0.902. The van der Waals surface area contributed by atoms with Gasteiger partial charge >= 0.3 is 5.97 Å². The number of rotatable bonds is 10. The summed E-state index contributed by atoms with van der Waals surface area (Å²) in [7, 11) is 0. The zero-order valence-electron chi connectivity index (χ0n) is 23.9. The number of amides is 2. The molecule has 2 bridgehead atoms. The summed E-state index contributed by atoms with van der Waals surface area (Å²) in [5.41, 5.74) is 3.40. The lowest BCUT2D eigenvalue weighted by Crippen LogP contribution is -2.56. The number of thioether (sulfide) groups is 1. The van der Waals surface area contributed by atoms with E-state index in [1.165, 1.54) is 6.08 Å². The monoisotopic (exact) mass is 574 g/mol. The molecule has 216 valence electrons. The SMILES string of the molecule is C=CCOC(=O)[C@@H]1[C@H]2C(=O)N([C@H](CO)c3ccccc3)C(C(=O)N(CC=C)c3c(C)cccc3C)C23CC[C@@]1(C)S3. The van der Waals surface area contributed by atoms with Gasteiger partial charge in [0.1, 0.15) is 12.6 Å². The fourth-order valence-corrected chi connectivity index (χ4v) is 9.72. The first-order chi connectivity index (χ1) is 19.6. The molecule has 3 aliphatic rings. The Morgan fingerprint density at radius 1 is 1.12 bits per heavy atom. The number of hydrogen-bond acceptors (Lipinski definition) is 6. The molecule has 2 unspecified atom stereocenters. The van der Waals surface area contributed by atoms with Crippen LogP contribution in [0.5, 0.6) is 0 Å². The van der Waals surface area contributed by atoms with Gasteiger partial charge in [-0.05, 0) is 50.3 Å². The Kier molecular flexibility index (Phi) is 7.92. The molecule has 3 aliphatic heterocycles. The highest BCUT2D eigenvalue weighted by Crippen LogP contribution is 2.72. The molecular weight excluding hydrogens is 536 g/mol. The van der Waals surface area contributed by atoms with Gasteiger partial charge in [-0.15, -0.1) is 18.3 Å². The van der Waals surface area contributed by atoms with E-state index in [4.69, 9.17) is 4.74 Å². The Morgan fingerprint density at radius 3 is 2.41 bits per heavy atom. The number of hydrogen-bond donors (Lipinski definition) is 1. The third kappa shape index (κ3) is 4.52. The minimum absolute atomic E-state index is 0.0546. The molecule has 1 spiro atoms. The molecule has 2 aromatic carbocycles. The summed E-state index contributed by atoms with van der Waals surface area (Å²) in [6, 6.07) is 13.5. The third-order valence-electron chi connectivity index (χ3n) is 9.03. The van der Waals surface area contributed by atoms with Crippen molar-refractivity contribution in [1.82, 2.24) is 4.90 Å².